The number of carbonyl (C=O) groups excluding carboxylic acids is 1. The Morgan fingerprint density at radius 1 is 1.12 bits per heavy atom. The van der Waals surface area contributed by atoms with Crippen LogP contribution in [0, 0.1) is 0 Å². The van der Waals surface area contributed by atoms with E-state index in [0.29, 0.717) is 37.3 Å². The zero-order valence-electron chi connectivity index (χ0n) is 13.2. The number of fused-ring (bicyclic) bond motifs is 1. The lowest BCUT2D eigenvalue weighted by atomic mass is 10.2. The third-order valence-corrected chi connectivity index (χ3v) is 6.01. The van der Waals surface area contributed by atoms with Gasteiger partial charge in [0.25, 0.3) is 5.91 Å². The van der Waals surface area contributed by atoms with Crippen molar-refractivity contribution in [1.29, 1.82) is 0 Å². The van der Waals surface area contributed by atoms with Crippen LogP contribution in [0.15, 0.2) is 41.3 Å². The molecule has 26 heavy (non-hydrogen) atoms. The number of hydrogen-bond acceptors (Lipinski definition) is 5. The highest BCUT2D eigenvalue weighted by atomic mass is 35.5. The van der Waals surface area contributed by atoms with E-state index in [-0.39, 0.29) is 12.7 Å². The zero-order chi connectivity index (χ0) is 18.3. The normalized spacial score (nSPS) is 17.5. The van der Waals surface area contributed by atoms with Gasteiger partial charge >= 0.3 is 0 Å². The standard InChI is InChI=1S/C18H11Cl2NO3S2/c19-12-3-1-11(5-13(12)20)8-21-17(22)16(26-18(21)25)7-10-2-4-14-15(6-10)24-9-23-14/h1-7H,8-9H2. The molecule has 0 aromatic heterocycles. The Kier molecular flexibility index (Phi) is 4.84. The molecule has 0 radical (unpaired) electrons. The van der Waals surface area contributed by atoms with E-state index >= 15 is 0 Å². The second-order valence-corrected chi connectivity index (χ2v) is 8.12. The number of amides is 1. The maximum atomic E-state index is 12.7. The first-order valence-electron chi connectivity index (χ1n) is 7.60. The van der Waals surface area contributed by atoms with Gasteiger partial charge in [-0.3, -0.25) is 9.69 Å². The summed E-state index contributed by atoms with van der Waals surface area (Å²) in [6.07, 6.45) is 1.80. The van der Waals surface area contributed by atoms with Crippen molar-refractivity contribution >= 4 is 63.5 Å². The molecule has 0 unspecified atom stereocenters. The van der Waals surface area contributed by atoms with E-state index in [4.69, 9.17) is 44.9 Å². The van der Waals surface area contributed by atoms with Gasteiger partial charge < -0.3 is 9.47 Å². The minimum Gasteiger partial charge on any atom is -0.454 e. The SMILES string of the molecule is O=C1C(=Cc2ccc3c(c2)OCO3)SC(=S)N1Cc1ccc(Cl)c(Cl)c1. The Labute approximate surface area is 169 Å². The van der Waals surface area contributed by atoms with Crippen molar-refractivity contribution in [1.82, 2.24) is 4.90 Å². The number of thiocarbonyl (C=S) groups is 1. The first kappa shape index (κ1) is 17.7. The second kappa shape index (κ2) is 7.12. The van der Waals surface area contributed by atoms with E-state index in [2.05, 4.69) is 0 Å². The van der Waals surface area contributed by atoms with Gasteiger partial charge in [0, 0.05) is 0 Å². The topological polar surface area (TPSA) is 38.8 Å². The quantitative estimate of drug-likeness (QED) is 0.505. The number of hydrogen-bond donors (Lipinski definition) is 0. The van der Waals surface area contributed by atoms with Gasteiger partial charge in [-0.2, -0.15) is 0 Å². The number of thioether (sulfide) groups is 1. The highest BCUT2D eigenvalue weighted by Crippen LogP contribution is 2.37. The smallest absolute Gasteiger partial charge is 0.266 e. The van der Waals surface area contributed by atoms with Crippen LogP contribution in [0.25, 0.3) is 6.08 Å². The Morgan fingerprint density at radius 3 is 2.73 bits per heavy atom. The minimum atomic E-state index is -0.135. The van der Waals surface area contributed by atoms with Crippen LogP contribution in [0.2, 0.25) is 10.0 Å². The highest BCUT2D eigenvalue weighted by Gasteiger charge is 2.32. The van der Waals surface area contributed by atoms with Crippen molar-refractivity contribution in [3.63, 3.8) is 0 Å². The molecule has 0 spiro atoms. The van der Waals surface area contributed by atoms with Gasteiger partial charge in [-0.05, 0) is 41.5 Å². The van der Waals surface area contributed by atoms with E-state index in [1.54, 1.807) is 23.1 Å². The average molecular weight is 424 g/mol. The third-order valence-electron chi connectivity index (χ3n) is 3.89. The molecule has 8 heteroatoms. The summed E-state index contributed by atoms with van der Waals surface area (Å²) in [5.41, 5.74) is 1.71. The monoisotopic (exact) mass is 423 g/mol. The van der Waals surface area contributed by atoms with Crippen LogP contribution in [-0.4, -0.2) is 21.9 Å². The third kappa shape index (κ3) is 3.42. The summed E-state index contributed by atoms with van der Waals surface area (Å²) in [4.78, 5) is 14.9. The van der Waals surface area contributed by atoms with E-state index < -0.39 is 0 Å². The van der Waals surface area contributed by atoms with E-state index in [0.717, 1.165) is 11.1 Å². The summed E-state index contributed by atoms with van der Waals surface area (Å²) in [7, 11) is 0. The molecule has 4 rings (SSSR count). The molecule has 4 nitrogen and oxygen atoms in total. The van der Waals surface area contributed by atoms with Crippen LogP contribution in [0.4, 0.5) is 0 Å². The van der Waals surface area contributed by atoms with Gasteiger partial charge in [0.2, 0.25) is 6.79 Å². The lowest BCUT2D eigenvalue weighted by Crippen LogP contribution is -2.27. The largest absolute Gasteiger partial charge is 0.454 e. The maximum Gasteiger partial charge on any atom is 0.266 e. The molecule has 0 atom stereocenters. The minimum absolute atomic E-state index is 0.135. The van der Waals surface area contributed by atoms with Gasteiger partial charge in [0.15, 0.2) is 11.5 Å². The van der Waals surface area contributed by atoms with Gasteiger partial charge in [-0.25, -0.2) is 0 Å². The molecular weight excluding hydrogens is 413 g/mol. The predicted molar refractivity (Wildman–Crippen MR) is 108 cm³/mol. The molecule has 1 fully saturated rings. The fourth-order valence-electron chi connectivity index (χ4n) is 2.61. The molecule has 2 aromatic carbocycles. The van der Waals surface area contributed by atoms with Crippen molar-refractivity contribution in [2.24, 2.45) is 0 Å². The van der Waals surface area contributed by atoms with E-state index in [1.165, 1.54) is 11.8 Å². The van der Waals surface area contributed by atoms with Crippen LogP contribution in [-0.2, 0) is 11.3 Å². The fraction of sp³-hybridized carbons (Fsp3) is 0.111. The zero-order valence-corrected chi connectivity index (χ0v) is 16.3. The van der Waals surface area contributed by atoms with Crippen LogP contribution < -0.4 is 9.47 Å². The molecule has 0 bridgehead atoms. The summed E-state index contributed by atoms with van der Waals surface area (Å²) in [5, 5.41) is 0.925. The lowest BCUT2D eigenvalue weighted by molar-refractivity contribution is -0.122. The number of nitrogens with zero attached hydrogens (tertiary/aromatic N) is 1. The Bertz CT molecular complexity index is 961. The average Bonchev–Trinajstić information content (AvgIpc) is 3.18. The van der Waals surface area contributed by atoms with E-state index in [9.17, 15) is 4.79 Å². The molecule has 2 aliphatic rings. The molecule has 2 aromatic rings. The van der Waals surface area contributed by atoms with Crippen molar-refractivity contribution < 1.29 is 14.3 Å². The Hall–Kier alpha value is -1.73. The number of halogens is 2. The van der Waals surface area contributed by atoms with Crippen LogP contribution in [0.3, 0.4) is 0 Å². The van der Waals surface area contributed by atoms with Crippen molar-refractivity contribution in [2.45, 2.75) is 6.54 Å². The van der Waals surface area contributed by atoms with Crippen LogP contribution in [0.1, 0.15) is 11.1 Å². The molecule has 0 saturated carbocycles. The van der Waals surface area contributed by atoms with Gasteiger partial charge in [-0.15, -0.1) is 0 Å². The summed E-state index contributed by atoms with van der Waals surface area (Å²) < 4.78 is 11.2. The summed E-state index contributed by atoms with van der Waals surface area (Å²) >= 11 is 18.6. The molecule has 0 aliphatic carbocycles. The Morgan fingerprint density at radius 2 is 1.92 bits per heavy atom. The molecule has 1 amide bonds. The first-order chi connectivity index (χ1) is 12.5. The highest BCUT2D eigenvalue weighted by molar-refractivity contribution is 8.26. The number of benzene rings is 2. The van der Waals surface area contributed by atoms with Crippen LogP contribution in [0.5, 0.6) is 11.5 Å². The molecule has 132 valence electrons. The fourth-order valence-corrected chi connectivity index (χ4v) is 4.19. The lowest BCUT2D eigenvalue weighted by Gasteiger charge is -2.14. The van der Waals surface area contributed by atoms with Crippen molar-refractivity contribution in [3.05, 3.63) is 62.5 Å². The number of rotatable bonds is 3. The maximum absolute atomic E-state index is 12.7. The van der Waals surface area contributed by atoms with Crippen LogP contribution >= 0.6 is 47.2 Å². The van der Waals surface area contributed by atoms with E-state index in [1.807, 2.05) is 24.3 Å². The number of carbonyl (C=O) groups is 1. The molecule has 2 heterocycles. The predicted octanol–water partition coefficient (Wildman–Crippen LogP) is 5.12. The molecular formula is C18H11Cl2NO3S2. The van der Waals surface area contributed by atoms with Crippen molar-refractivity contribution in [3.8, 4) is 11.5 Å². The summed E-state index contributed by atoms with van der Waals surface area (Å²) in [5.74, 6) is 1.24. The Balaban J connectivity index is 1.55. The molecule has 0 N–H and O–H groups in total. The first-order valence-corrected chi connectivity index (χ1v) is 9.58. The van der Waals surface area contributed by atoms with Gasteiger partial charge in [0.05, 0.1) is 21.5 Å². The molecule has 2 aliphatic heterocycles. The van der Waals surface area contributed by atoms with Gasteiger partial charge in [0.1, 0.15) is 4.32 Å². The summed E-state index contributed by atoms with van der Waals surface area (Å²) in [6.45, 7) is 0.560. The molecule has 1 saturated heterocycles. The van der Waals surface area contributed by atoms with Crippen molar-refractivity contribution in [2.75, 3.05) is 6.79 Å². The number of ether oxygens (including phenoxy) is 2. The summed E-state index contributed by atoms with van der Waals surface area (Å²) in [6, 6.07) is 10.8. The van der Waals surface area contributed by atoms with Gasteiger partial charge in [-0.1, -0.05) is 59.3 Å². The second-order valence-electron chi connectivity index (χ2n) is 5.63.